The highest BCUT2D eigenvalue weighted by Gasteiger charge is 2.50. The molecule has 8 fully saturated rings. The topological polar surface area (TPSA) is 12.0 Å². The Labute approximate surface area is 250 Å². The van der Waals surface area contributed by atoms with Gasteiger partial charge in [-0.1, -0.05) is 53.7 Å². The first kappa shape index (κ1) is 26.8. The lowest BCUT2D eigenvalue weighted by molar-refractivity contribution is -0.00494. The van der Waals surface area contributed by atoms with Gasteiger partial charge >= 0.3 is 0 Å². The molecule has 8 aliphatic rings. The van der Waals surface area contributed by atoms with Crippen molar-refractivity contribution >= 4 is 11.4 Å². The quantitative estimate of drug-likeness (QED) is 0.400. The third-order valence-electron chi connectivity index (χ3n) is 13.2. The molecule has 2 aromatic rings. The lowest BCUT2D eigenvalue weighted by Gasteiger charge is -2.55. The van der Waals surface area contributed by atoms with Crippen LogP contribution in [-0.2, 0) is 10.8 Å². The van der Waals surface area contributed by atoms with E-state index in [2.05, 4.69) is 83.3 Å². The van der Waals surface area contributed by atoms with Crippen molar-refractivity contribution in [3.63, 3.8) is 0 Å². The summed E-state index contributed by atoms with van der Waals surface area (Å²) < 4.78 is 0. The van der Waals surface area contributed by atoms with Crippen molar-refractivity contribution in [2.24, 2.45) is 47.3 Å². The van der Waals surface area contributed by atoms with Crippen molar-refractivity contribution in [2.45, 2.75) is 128 Å². The SMILES string of the molecule is CC(C)(C)c1cc(Nc2cc(C3C4CC5CC(C4)CC3C5)cc(C3C4CC5CC(C4)CC3C5)c2)cc(C(C)(C)C)c1. The molecule has 0 radical (unpaired) electrons. The fraction of sp³-hybridized carbons (Fsp3) is 0.700. The number of benzene rings is 2. The van der Waals surface area contributed by atoms with E-state index in [0.29, 0.717) is 0 Å². The number of hydrogen-bond acceptors (Lipinski definition) is 1. The smallest absolute Gasteiger partial charge is 0.0390 e. The van der Waals surface area contributed by atoms with Crippen LogP contribution in [0.15, 0.2) is 36.4 Å². The molecule has 8 aliphatic carbocycles. The molecule has 1 N–H and O–H groups in total. The molecule has 0 aliphatic heterocycles. The van der Waals surface area contributed by atoms with Crippen LogP contribution in [0.2, 0.25) is 0 Å². The Bertz CT molecular complexity index is 1170. The molecule has 0 amide bonds. The molecular formula is C40H55N. The fourth-order valence-corrected chi connectivity index (χ4v) is 11.8. The van der Waals surface area contributed by atoms with Gasteiger partial charge in [0.1, 0.15) is 0 Å². The highest BCUT2D eigenvalue weighted by Crippen LogP contribution is 2.62. The van der Waals surface area contributed by atoms with Crippen molar-refractivity contribution in [2.75, 3.05) is 5.32 Å². The summed E-state index contributed by atoms with van der Waals surface area (Å²) in [6.07, 6.45) is 15.1. The van der Waals surface area contributed by atoms with Crippen LogP contribution in [0.4, 0.5) is 11.4 Å². The summed E-state index contributed by atoms with van der Waals surface area (Å²) in [7, 11) is 0. The van der Waals surface area contributed by atoms with Crippen LogP contribution >= 0.6 is 0 Å². The summed E-state index contributed by atoms with van der Waals surface area (Å²) in [6, 6.07) is 15.3. The molecule has 8 saturated carbocycles. The fourth-order valence-electron chi connectivity index (χ4n) is 11.8. The molecule has 1 heteroatoms. The van der Waals surface area contributed by atoms with Gasteiger partial charge in [-0.2, -0.15) is 0 Å². The van der Waals surface area contributed by atoms with Gasteiger partial charge in [0.25, 0.3) is 0 Å². The van der Waals surface area contributed by atoms with Crippen molar-refractivity contribution < 1.29 is 0 Å². The molecule has 0 unspecified atom stereocenters. The number of nitrogens with one attached hydrogen (secondary N) is 1. The molecule has 0 saturated heterocycles. The molecule has 220 valence electrons. The Morgan fingerprint density at radius 1 is 0.439 bits per heavy atom. The molecule has 0 heterocycles. The van der Waals surface area contributed by atoms with E-state index in [1.54, 1.807) is 24.0 Å². The summed E-state index contributed by atoms with van der Waals surface area (Å²) in [5.74, 6) is 9.48. The van der Waals surface area contributed by atoms with Crippen LogP contribution in [0, 0.1) is 47.3 Å². The molecule has 0 aromatic heterocycles. The highest BCUT2D eigenvalue weighted by atomic mass is 14.9. The van der Waals surface area contributed by atoms with E-state index in [0.717, 1.165) is 59.2 Å². The maximum absolute atomic E-state index is 4.05. The zero-order valence-corrected chi connectivity index (χ0v) is 26.8. The van der Waals surface area contributed by atoms with E-state index in [9.17, 15) is 0 Å². The summed E-state index contributed by atoms with van der Waals surface area (Å²) in [6.45, 7) is 14.1. The lowest BCUT2D eigenvalue weighted by atomic mass is 9.49. The average molecular weight is 550 g/mol. The Balaban J connectivity index is 1.20. The highest BCUT2D eigenvalue weighted by molar-refractivity contribution is 5.64. The maximum Gasteiger partial charge on any atom is 0.0390 e. The minimum Gasteiger partial charge on any atom is -0.355 e. The van der Waals surface area contributed by atoms with E-state index in [1.807, 2.05) is 0 Å². The Kier molecular flexibility index (Phi) is 6.13. The molecule has 0 atom stereocenters. The first-order valence-corrected chi connectivity index (χ1v) is 17.5. The van der Waals surface area contributed by atoms with Gasteiger partial charge in [0, 0.05) is 11.4 Å². The molecule has 0 spiro atoms. The van der Waals surface area contributed by atoms with Crippen LogP contribution in [-0.4, -0.2) is 0 Å². The molecule has 8 bridgehead atoms. The summed E-state index contributed by atoms with van der Waals surface area (Å²) in [5, 5.41) is 4.05. The first-order valence-electron chi connectivity index (χ1n) is 17.5. The number of rotatable bonds is 4. The van der Waals surface area contributed by atoms with E-state index >= 15 is 0 Å². The van der Waals surface area contributed by atoms with E-state index in [-0.39, 0.29) is 10.8 Å². The molecule has 41 heavy (non-hydrogen) atoms. The zero-order valence-electron chi connectivity index (χ0n) is 26.8. The second kappa shape index (κ2) is 9.37. The van der Waals surface area contributed by atoms with Gasteiger partial charge in [0.05, 0.1) is 0 Å². The second-order valence-corrected chi connectivity index (χ2v) is 18.2. The predicted molar refractivity (Wildman–Crippen MR) is 173 cm³/mol. The lowest BCUT2D eigenvalue weighted by Crippen LogP contribution is -2.44. The van der Waals surface area contributed by atoms with Crippen LogP contribution in [0.25, 0.3) is 0 Å². The third kappa shape index (κ3) is 4.80. The summed E-state index contributed by atoms with van der Waals surface area (Å²) in [5.41, 5.74) is 9.19. The van der Waals surface area contributed by atoms with Gasteiger partial charge in [0.2, 0.25) is 0 Å². The van der Waals surface area contributed by atoms with Gasteiger partial charge in [-0.05, 0) is 181 Å². The van der Waals surface area contributed by atoms with Crippen molar-refractivity contribution in [3.05, 3.63) is 58.7 Å². The van der Waals surface area contributed by atoms with Gasteiger partial charge < -0.3 is 5.32 Å². The van der Waals surface area contributed by atoms with Crippen LogP contribution in [0.1, 0.15) is 140 Å². The molecular weight excluding hydrogens is 494 g/mol. The van der Waals surface area contributed by atoms with Gasteiger partial charge in [-0.25, -0.2) is 0 Å². The molecule has 2 aromatic carbocycles. The zero-order chi connectivity index (χ0) is 28.3. The van der Waals surface area contributed by atoms with Crippen LogP contribution in [0.5, 0.6) is 0 Å². The Morgan fingerprint density at radius 2 is 0.780 bits per heavy atom. The predicted octanol–water partition coefficient (Wildman–Crippen LogP) is 11.1. The standard InChI is InChI=1S/C40H55N/c1-39(2,3)33-20-34(40(4,5)6)22-36(21-33)41-35-18-31(37-27-9-23-7-24(11-27)12-28(37)10-23)17-32(19-35)38-29-13-25-8-26(15-29)16-30(38)14-25/h17-30,37-38,41H,7-16H2,1-6H3. The third-order valence-corrected chi connectivity index (χ3v) is 13.2. The monoisotopic (exact) mass is 549 g/mol. The first-order chi connectivity index (χ1) is 19.5. The minimum absolute atomic E-state index is 0.130. The minimum atomic E-state index is 0.130. The number of hydrogen-bond donors (Lipinski definition) is 1. The normalized spacial score (nSPS) is 39.0. The average Bonchev–Trinajstić information content (AvgIpc) is 2.86. The van der Waals surface area contributed by atoms with Crippen molar-refractivity contribution in [1.29, 1.82) is 0 Å². The van der Waals surface area contributed by atoms with Crippen LogP contribution in [0.3, 0.4) is 0 Å². The van der Waals surface area contributed by atoms with Gasteiger partial charge in [-0.15, -0.1) is 0 Å². The summed E-state index contributed by atoms with van der Waals surface area (Å²) >= 11 is 0. The number of anilines is 2. The molecule has 10 rings (SSSR count). The molecule has 1 nitrogen and oxygen atoms in total. The van der Waals surface area contributed by atoms with Gasteiger partial charge in [-0.3, -0.25) is 0 Å². The van der Waals surface area contributed by atoms with Crippen molar-refractivity contribution in [1.82, 2.24) is 0 Å². The largest absolute Gasteiger partial charge is 0.355 e. The van der Waals surface area contributed by atoms with E-state index in [1.165, 1.54) is 73.9 Å². The Morgan fingerprint density at radius 3 is 1.12 bits per heavy atom. The Hall–Kier alpha value is -1.76. The van der Waals surface area contributed by atoms with E-state index in [4.69, 9.17) is 0 Å². The maximum atomic E-state index is 4.05. The van der Waals surface area contributed by atoms with Gasteiger partial charge in [0.15, 0.2) is 0 Å². The van der Waals surface area contributed by atoms with Crippen molar-refractivity contribution in [3.8, 4) is 0 Å². The second-order valence-electron chi connectivity index (χ2n) is 18.2. The van der Waals surface area contributed by atoms with Crippen LogP contribution < -0.4 is 5.32 Å². The van der Waals surface area contributed by atoms with E-state index < -0.39 is 0 Å². The summed E-state index contributed by atoms with van der Waals surface area (Å²) in [4.78, 5) is 0.